The summed E-state index contributed by atoms with van der Waals surface area (Å²) in [6, 6.07) is 14.5. The Balaban J connectivity index is 1.37. The maximum atomic E-state index is 12.5. The second-order valence-electron chi connectivity index (χ2n) is 7.65. The molecule has 1 amide bonds. The van der Waals surface area contributed by atoms with Gasteiger partial charge in [0.15, 0.2) is 0 Å². The van der Waals surface area contributed by atoms with Gasteiger partial charge in [-0.15, -0.1) is 0 Å². The molecule has 29 heavy (non-hydrogen) atoms. The van der Waals surface area contributed by atoms with E-state index in [-0.39, 0.29) is 5.91 Å². The molecule has 0 saturated carbocycles. The molecule has 3 rings (SSSR count). The standard InChI is InChI=1S/C24H33N3O2/c1-19-7-6-9-22(20(19)2)26-15-17-27(18-16-26)24(28)12-14-25-13-11-21-8-4-5-10-23(21)29-3/h4-10,25H,11-18H2,1-3H3. The number of aryl methyl sites for hydroxylation is 1. The Hall–Kier alpha value is -2.53. The van der Waals surface area contributed by atoms with Gasteiger partial charge in [0.05, 0.1) is 7.11 Å². The number of para-hydroxylation sites is 1. The first-order valence-electron chi connectivity index (χ1n) is 10.5. The zero-order chi connectivity index (χ0) is 20.6. The van der Waals surface area contributed by atoms with Crippen molar-refractivity contribution in [3.05, 3.63) is 59.2 Å². The lowest BCUT2D eigenvalue weighted by molar-refractivity contribution is -0.131. The molecule has 1 aliphatic heterocycles. The first-order valence-corrected chi connectivity index (χ1v) is 10.5. The number of benzene rings is 2. The summed E-state index contributed by atoms with van der Waals surface area (Å²) >= 11 is 0. The van der Waals surface area contributed by atoms with Crippen molar-refractivity contribution < 1.29 is 9.53 Å². The van der Waals surface area contributed by atoms with Crippen molar-refractivity contribution in [2.75, 3.05) is 51.3 Å². The van der Waals surface area contributed by atoms with Gasteiger partial charge in [0.1, 0.15) is 5.75 Å². The molecule has 0 aliphatic carbocycles. The average Bonchev–Trinajstić information content (AvgIpc) is 2.75. The molecule has 1 N–H and O–H groups in total. The summed E-state index contributed by atoms with van der Waals surface area (Å²) in [6.45, 7) is 9.28. The zero-order valence-corrected chi connectivity index (χ0v) is 17.9. The van der Waals surface area contributed by atoms with Crippen LogP contribution in [-0.2, 0) is 11.2 Å². The highest BCUT2D eigenvalue weighted by Crippen LogP contribution is 2.24. The lowest BCUT2D eigenvalue weighted by atomic mass is 10.1. The highest BCUT2D eigenvalue weighted by atomic mass is 16.5. The number of nitrogens with zero attached hydrogens (tertiary/aromatic N) is 2. The van der Waals surface area contributed by atoms with Crippen LogP contribution >= 0.6 is 0 Å². The number of methoxy groups -OCH3 is 1. The van der Waals surface area contributed by atoms with Crippen LogP contribution in [0.15, 0.2) is 42.5 Å². The highest BCUT2D eigenvalue weighted by molar-refractivity contribution is 5.76. The van der Waals surface area contributed by atoms with Gasteiger partial charge in [-0.3, -0.25) is 4.79 Å². The van der Waals surface area contributed by atoms with Crippen molar-refractivity contribution in [1.29, 1.82) is 0 Å². The second kappa shape index (κ2) is 10.3. The van der Waals surface area contributed by atoms with E-state index in [0.29, 0.717) is 13.0 Å². The number of amides is 1. The van der Waals surface area contributed by atoms with E-state index >= 15 is 0 Å². The normalized spacial score (nSPS) is 14.2. The van der Waals surface area contributed by atoms with Crippen LogP contribution in [0.25, 0.3) is 0 Å². The third-order valence-corrected chi connectivity index (χ3v) is 5.83. The molecule has 5 heteroatoms. The van der Waals surface area contributed by atoms with Crippen molar-refractivity contribution >= 4 is 11.6 Å². The molecule has 5 nitrogen and oxygen atoms in total. The van der Waals surface area contributed by atoms with Crippen LogP contribution in [0.4, 0.5) is 5.69 Å². The first kappa shape index (κ1) is 21.2. The second-order valence-corrected chi connectivity index (χ2v) is 7.65. The van der Waals surface area contributed by atoms with E-state index in [1.54, 1.807) is 7.11 Å². The number of ether oxygens (including phenoxy) is 1. The maximum absolute atomic E-state index is 12.5. The Morgan fingerprint density at radius 3 is 2.52 bits per heavy atom. The molecular formula is C24H33N3O2. The first-order chi connectivity index (χ1) is 14.1. The summed E-state index contributed by atoms with van der Waals surface area (Å²) in [4.78, 5) is 16.9. The molecule has 1 aliphatic rings. The average molecular weight is 396 g/mol. The van der Waals surface area contributed by atoms with E-state index in [0.717, 1.165) is 44.9 Å². The van der Waals surface area contributed by atoms with Crippen LogP contribution in [0, 0.1) is 13.8 Å². The molecule has 156 valence electrons. The van der Waals surface area contributed by atoms with Gasteiger partial charge < -0.3 is 19.9 Å². The number of piperazine rings is 1. The van der Waals surface area contributed by atoms with Crippen molar-refractivity contribution in [3.63, 3.8) is 0 Å². The van der Waals surface area contributed by atoms with E-state index in [1.807, 2.05) is 23.1 Å². The van der Waals surface area contributed by atoms with Crippen molar-refractivity contribution in [2.24, 2.45) is 0 Å². The number of hydrogen-bond donors (Lipinski definition) is 1. The van der Waals surface area contributed by atoms with Crippen LogP contribution in [0.5, 0.6) is 5.75 Å². The summed E-state index contributed by atoms with van der Waals surface area (Å²) in [6.07, 6.45) is 1.45. The van der Waals surface area contributed by atoms with Crippen LogP contribution < -0.4 is 15.0 Å². The Labute approximate surface area is 174 Å². The summed E-state index contributed by atoms with van der Waals surface area (Å²) in [7, 11) is 1.70. The lowest BCUT2D eigenvalue weighted by Crippen LogP contribution is -2.49. The number of anilines is 1. The molecule has 0 bridgehead atoms. The highest BCUT2D eigenvalue weighted by Gasteiger charge is 2.21. The van der Waals surface area contributed by atoms with Gasteiger partial charge in [0.25, 0.3) is 0 Å². The van der Waals surface area contributed by atoms with E-state index in [4.69, 9.17) is 4.74 Å². The number of hydrogen-bond acceptors (Lipinski definition) is 4. The quantitative estimate of drug-likeness (QED) is 0.698. The van der Waals surface area contributed by atoms with E-state index in [9.17, 15) is 4.79 Å². The molecule has 0 spiro atoms. The molecule has 1 fully saturated rings. The van der Waals surface area contributed by atoms with Gasteiger partial charge in [-0.25, -0.2) is 0 Å². The van der Waals surface area contributed by atoms with Gasteiger partial charge in [0, 0.05) is 44.8 Å². The Morgan fingerprint density at radius 1 is 1.00 bits per heavy atom. The molecule has 0 unspecified atom stereocenters. The van der Waals surface area contributed by atoms with Gasteiger partial charge in [0.2, 0.25) is 5.91 Å². The number of nitrogens with one attached hydrogen (secondary N) is 1. The molecule has 2 aromatic carbocycles. The van der Waals surface area contributed by atoms with Crippen LogP contribution in [0.3, 0.4) is 0 Å². The van der Waals surface area contributed by atoms with Gasteiger partial charge in [-0.05, 0) is 55.6 Å². The summed E-state index contributed by atoms with van der Waals surface area (Å²) in [5.41, 5.74) is 5.15. The molecule has 0 radical (unpaired) electrons. The third kappa shape index (κ3) is 5.51. The Bertz CT molecular complexity index is 814. The summed E-state index contributed by atoms with van der Waals surface area (Å²) < 4.78 is 5.38. The molecule has 1 heterocycles. The lowest BCUT2D eigenvalue weighted by Gasteiger charge is -2.37. The smallest absolute Gasteiger partial charge is 0.223 e. The molecule has 1 saturated heterocycles. The topological polar surface area (TPSA) is 44.8 Å². The van der Waals surface area contributed by atoms with Crippen molar-refractivity contribution in [2.45, 2.75) is 26.7 Å². The fraction of sp³-hybridized carbons (Fsp3) is 0.458. The SMILES string of the molecule is COc1ccccc1CCNCCC(=O)N1CCN(c2cccc(C)c2C)CC1. The van der Waals surface area contributed by atoms with Crippen LogP contribution in [-0.4, -0.2) is 57.2 Å². The monoisotopic (exact) mass is 395 g/mol. The van der Waals surface area contributed by atoms with Gasteiger partial charge in [-0.1, -0.05) is 30.3 Å². The number of carbonyl (C=O) groups is 1. The minimum atomic E-state index is 0.246. The fourth-order valence-electron chi connectivity index (χ4n) is 3.89. The van der Waals surface area contributed by atoms with Crippen LogP contribution in [0.2, 0.25) is 0 Å². The minimum absolute atomic E-state index is 0.246. The van der Waals surface area contributed by atoms with E-state index in [2.05, 4.69) is 48.3 Å². The van der Waals surface area contributed by atoms with E-state index < -0.39 is 0 Å². The van der Waals surface area contributed by atoms with Crippen molar-refractivity contribution in [1.82, 2.24) is 10.2 Å². The third-order valence-electron chi connectivity index (χ3n) is 5.83. The predicted molar refractivity (Wildman–Crippen MR) is 119 cm³/mol. The molecule has 0 atom stereocenters. The predicted octanol–water partition coefficient (Wildman–Crippen LogP) is 3.18. The molecule has 2 aromatic rings. The Kier molecular flexibility index (Phi) is 7.53. The molecule has 0 aromatic heterocycles. The fourth-order valence-corrected chi connectivity index (χ4v) is 3.89. The number of rotatable bonds is 8. The van der Waals surface area contributed by atoms with E-state index in [1.165, 1.54) is 22.4 Å². The van der Waals surface area contributed by atoms with Gasteiger partial charge in [-0.2, -0.15) is 0 Å². The Morgan fingerprint density at radius 2 is 1.76 bits per heavy atom. The minimum Gasteiger partial charge on any atom is -0.496 e. The molecular weight excluding hydrogens is 362 g/mol. The summed E-state index contributed by atoms with van der Waals surface area (Å²) in [5.74, 6) is 1.17. The number of carbonyl (C=O) groups excluding carboxylic acids is 1. The zero-order valence-electron chi connectivity index (χ0n) is 17.9. The van der Waals surface area contributed by atoms with Crippen molar-refractivity contribution in [3.8, 4) is 5.75 Å². The largest absolute Gasteiger partial charge is 0.496 e. The maximum Gasteiger partial charge on any atom is 0.223 e. The van der Waals surface area contributed by atoms with Crippen LogP contribution in [0.1, 0.15) is 23.1 Å². The summed E-state index contributed by atoms with van der Waals surface area (Å²) in [5, 5.41) is 3.39. The van der Waals surface area contributed by atoms with Gasteiger partial charge >= 0.3 is 0 Å².